The van der Waals surface area contributed by atoms with Crippen LogP contribution in [0, 0.1) is 0 Å². The maximum absolute atomic E-state index is 5.38. The summed E-state index contributed by atoms with van der Waals surface area (Å²) in [6.45, 7) is 0.683. The van der Waals surface area contributed by atoms with E-state index in [0.29, 0.717) is 6.54 Å². The monoisotopic (exact) mass is 192 g/mol. The average Bonchev–Trinajstić information content (AvgIpc) is 1.86. The lowest BCUT2D eigenvalue weighted by Crippen LogP contribution is -2.40. The van der Waals surface area contributed by atoms with Crippen molar-refractivity contribution >= 4 is 35.1 Å². The molecule has 0 aromatic heterocycles. The summed E-state index contributed by atoms with van der Waals surface area (Å²) < 4.78 is 0. The molecule has 11 heavy (non-hydrogen) atoms. The van der Waals surface area contributed by atoms with E-state index >= 15 is 0 Å². The highest BCUT2D eigenvalue weighted by Gasteiger charge is 1.90. The fraction of sp³-hybridized carbons (Fsp3) is 0.600. The van der Waals surface area contributed by atoms with Crippen LogP contribution in [-0.4, -0.2) is 29.6 Å². The van der Waals surface area contributed by atoms with Gasteiger partial charge in [0, 0.05) is 5.75 Å². The van der Waals surface area contributed by atoms with Crippen LogP contribution in [0.3, 0.4) is 0 Å². The summed E-state index contributed by atoms with van der Waals surface area (Å²) in [4.78, 5) is 3.95. The molecule has 0 aliphatic heterocycles. The van der Waals surface area contributed by atoms with Crippen LogP contribution >= 0.6 is 24.0 Å². The smallest absolute Gasteiger partial charge is 0.194 e. The minimum Gasteiger partial charge on any atom is -0.376 e. The van der Waals surface area contributed by atoms with Gasteiger partial charge >= 0.3 is 0 Å². The van der Waals surface area contributed by atoms with Crippen LogP contribution in [0.4, 0.5) is 0 Å². The van der Waals surface area contributed by atoms with Crippen molar-refractivity contribution in [2.24, 2.45) is 16.5 Å². The minimum atomic E-state index is 0.149. The van der Waals surface area contributed by atoms with Crippen molar-refractivity contribution in [3.05, 3.63) is 0 Å². The van der Waals surface area contributed by atoms with Gasteiger partial charge in [-0.05, 0) is 18.5 Å². The van der Waals surface area contributed by atoms with Crippen LogP contribution in [0.1, 0.15) is 0 Å². The molecule has 5 N–H and O–H groups in total. The van der Waals surface area contributed by atoms with Crippen molar-refractivity contribution in [2.45, 2.75) is 0 Å². The molecule has 0 bridgehead atoms. The van der Waals surface area contributed by atoms with E-state index in [-0.39, 0.29) is 11.1 Å². The number of hydrogen-bond donors (Lipinski definition) is 3. The molecule has 0 atom stereocenters. The van der Waals surface area contributed by atoms with Gasteiger partial charge in [-0.15, -0.1) is 0 Å². The maximum atomic E-state index is 5.38. The van der Waals surface area contributed by atoms with Gasteiger partial charge in [0.2, 0.25) is 0 Å². The summed E-state index contributed by atoms with van der Waals surface area (Å²) in [5.74, 6) is 1.23. The molecule has 0 fully saturated rings. The van der Waals surface area contributed by atoms with Crippen LogP contribution in [0.25, 0.3) is 0 Å². The van der Waals surface area contributed by atoms with Gasteiger partial charge in [0.25, 0.3) is 0 Å². The number of thiocarbonyl (C=S) groups is 1. The van der Waals surface area contributed by atoms with Crippen molar-refractivity contribution in [3.63, 3.8) is 0 Å². The van der Waals surface area contributed by atoms with Gasteiger partial charge in [-0.3, -0.25) is 4.99 Å². The molecule has 0 spiro atoms. The normalized spacial score (nSPS) is 11.2. The van der Waals surface area contributed by atoms with Gasteiger partial charge < -0.3 is 16.8 Å². The third kappa shape index (κ3) is 7.41. The Morgan fingerprint density at radius 2 is 2.27 bits per heavy atom. The van der Waals surface area contributed by atoms with Gasteiger partial charge in [0.05, 0.1) is 6.54 Å². The third-order valence-corrected chi connectivity index (χ3v) is 1.52. The molecule has 0 heterocycles. The number of nitrogens with two attached hydrogens (primary N) is 2. The van der Waals surface area contributed by atoms with Crippen molar-refractivity contribution in [1.29, 1.82) is 0 Å². The van der Waals surface area contributed by atoms with Crippen LogP contribution in [0.15, 0.2) is 4.99 Å². The number of hydrogen-bond acceptors (Lipinski definition) is 3. The maximum Gasteiger partial charge on any atom is 0.194 e. The lowest BCUT2D eigenvalue weighted by molar-refractivity contribution is 1.10. The first-order valence-electron chi connectivity index (χ1n) is 3.02. The van der Waals surface area contributed by atoms with E-state index in [1.165, 1.54) is 0 Å². The Kier molecular flexibility index (Phi) is 5.96. The Bertz CT molecular complexity index is 157. The van der Waals surface area contributed by atoms with Crippen LogP contribution in [-0.2, 0) is 0 Å². The fourth-order valence-corrected chi connectivity index (χ4v) is 0.802. The van der Waals surface area contributed by atoms with Crippen LogP contribution < -0.4 is 16.8 Å². The molecule has 0 amide bonds. The molecule has 0 unspecified atom stereocenters. The van der Waals surface area contributed by atoms with Gasteiger partial charge in [0.15, 0.2) is 11.1 Å². The second-order valence-corrected chi connectivity index (χ2v) is 3.17. The highest BCUT2D eigenvalue weighted by Crippen LogP contribution is 1.88. The largest absolute Gasteiger partial charge is 0.376 e. The van der Waals surface area contributed by atoms with E-state index in [1.54, 1.807) is 11.8 Å². The Hall–Kier alpha value is -0.490. The summed E-state index contributed by atoms with van der Waals surface area (Å²) in [5.41, 5.74) is 10.5. The van der Waals surface area contributed by atoms with E-state index in [4.69, 9.17) is 11.5 Å². The van der Waals surface area contributed by atoms with E-state index in [0.717, 1.165) is 5.75 Å². The zero-order valence-electron chi connectivity index (χ0n) is 6.33. The van der Waals surface area contributed by atoms with Crippen LogP contribution in [0.5, 0.6) is 0 Å². The lowest BCUT2D eigenvalue weighted by atomic mass is 10.7. The van der Waals surface area contributed by atoms with Crippen LogP contribution in [0.2, 0.25) is 0 Å². The summed E-state index contributed by atoms with van der Waals surface area (Å²) in [6.07, 6.45) is 2.01. The first-order chi connectivity index (χ1) is 5.16. The molecule has 0 aliphatic carbocycles. The molecular weight excluding hydrogens is 180 g/mol. The van der Waals surface area contributed by atoms with Gasteiger partial charge in [0.1, 0.15) is 0 Å². The molecular formula is C5H12N4S2. The highest BCUT2D eigenvalue weighted by molar-refractivity contribution is 7.98. The standard InChI is InChI=1S/C5H12N4S2/c1-11-3-2-8-4(6)9-5(7)10/h2-3H2,1H3,(H5,6,7,8,9,10). The molecule has 64 valence electrons. The van der Waals surface area contributed by atoms with Gasteiger partial charge in [-0.2, -0.15) is 11.8 Å². The molecule has 0 aromatic rings. The lowest BCUT2D eigenvalue weighted by Gasteiger charge is -2.00. The SMILES string of the molecule is CSCCN=C(N)NC(N)=S. The molecule has 0 rings (SSSR count). The zero-order valence-corrected chi connectivity index (χ0v) is 7.97. The van der Waals surface area contributed by atoms with Crippen molar-refractivity contribution < 1.29 is 0 Å². The topological polar surface area (TPSA) is 76.4 Å². The quantitative estimate of drug-likeness (QED) is 0.243. The zero-order chi connectivity index (χ0) is 8.69. The molecule has 6 heteroatoms. The van der Waals surface area contributed by atoms with Crippen molar-refractivity contribution in [1.82, 2.24) is 5.32 Å². The first-order valence-corrected chi connectivity index (χ1v) is 4.82. The number of guanidine groups is 1. The van der Waals surface area contributed by atoms with E-state index in [1.807, 2.05) is 6.26 Å². The number of rotatable bonds is 3. The summed E-state index contributed by atoms with van der Waals surface area (Å²) in [6, 6.07) is 0. The second kappa shape index (κ2) is 6.23. The summed E-state index contributed by atoms with van der Waals surface area (Å²) >= 11 is 6.26. The Labute approximate surface area is 75.8 Å². The molecule has 0 saturated heterocycles. The molecule has 0 saturated carbocycles. The second-order valence-electron chi connectivity index (χ2n) is 1.75. The van der Waals surface area contributed by atoms with E-state index in [9.17, 15) is 0 Å². The van der Waals surface area contributed by atoms with Crippen molar-refractivity contribution in [3.8, 4) is 0 Å². The number of thioether (sulfide) groups is 1. The number of aliphatic imine (C=N–C) groups is 1. The summed E-state index contributed by atoms with van der Waals surface area (Å²) in [7, 11) is 0. The molecule has 0 aliphatic rings. The summed E-state index contributed by atoms with van der Waals surface area (Å²) in [5, 5.41) is 2.68. The fourth-order valence-electron chi connectivity index (χ4n) is 0.423. The van der Waals surface area contributed by atoms with Gasteiger partial charge in [-0.25, -0.2) is 0 Å². The number of nitrogens with one attached hydrogen (secondary N) is 1. The Morgan fingerprint density at radius 1 is 1.64 bits per heavy atom. The Balaban J connectivity index is 3.54. The Morgan fingerprint density at radius 3 is 2.73 bits per heavy atom. The molecule has 0 aromatic carbocycles. The van der Waals surface area contributed by atoms with E-state index in [2.05, 4.69) is 22.5 Å². The number of nitrogens with zero attached hydrogens (tertiary/aromatic N) is 1. The third-order valence-electron chi connectivity index (χ3n) is 0.829. The van der Waals surface area contributed by atoms with E-state index < -0.39 is 0 Å². The van der Waals surface area contributed by atoms with Crippen molar-refractivity contribution in [2.75, 3.05) is 18.6 Å². The van der Waals surface area contributed by atoms with Gasteiger partial charge in [-0.1, -0.05) is 0 Å². The molecule has 0 radical (unpaired) electrons. The average molecular weight is 192 g/mol. The molecule has 4 nitrogen and oxygen atoms in total. The predicted octanol–water partition coefficient (Wildman–Crippen LogP) is -0.503. The first kappa shape index (κ1) is 10.5. The highest BCUT2D eigenvalue weighted by atomic mass is 32.2. The minimum absolute atomic E-state index is 0.149. The predicted molar refractivity (Wildman–Crippen MR) is 54.8 cm³/mol.